The molecule has 0 radical (unpaired) electrons. The first kappa shape index (κ1) is 12.9. The summed E-state index contributed by atoms with van der Waals surface area (Å²) < 4.78 is 2.33. The maximum absolute atomic E-state index is 5.97. The average Bonchev–Trinajstić information content (AvgIpc) is 2.85. The van der Waals surface area contributed by atoms with E-state index in [1.807, 2.05) is 24.4 Å². The minimum absolute atomic E-state index is 0.776. The molecule has 3 nitrogen and oxygen atoms in total. The monoisotopic (exact) mass is 297 g/mol. The van der Waals surface area contributed by atoms with E-state index in [1.54, 1.807) is 0 Å². The fourth-order valence-electron chi connectivity index (χ4n) is 3.14. The van der Waals surface area contributed by atoms with Gasteiger partial charge in [0.15, 0.2) is 0 Å². The van der Waals surface area contributed by atoms with Crippen LogP contribution in [-0.4, -0.2) is 16.1 Å². The standard InChI is InChI=1S/C17H16ClN3/c18-13-5-3-12(4-6-13)11-21-16-10-19-9-7-14(16)15-2-1-8-20-17(15)21/h1-6,8,19H,7,9-11H2. The van der Waals surface area contributed by atoms with Crippen molar-refractivity contribution in [2.75, 3.05) is 6.54 Å². The smallest absolute Gasteiger partial charge is 0.140 e. The quantitative estimate of drug-likeness (QED) is 0.786. The maximum Gasteiger partial charge on any atom is 0.140 e. The Balaban J connectivity index is 1.85. The third-order valence-electron chi connectivity index (χ3n) is 4.14. The van der Waals surface area contributed by atoms with E-state index < -0.39 is 0 Å². The van der Waals surface area contributed by atoms with Crippen LogP contribution in [0.25, 0.3) is 11.0 Å². The third-order valence-corrected chi connectivity index (χ3v) is 4.39. The summed E-state index contributed by atoms with van der Waals surface area (Å²) in [6.07, 6.45) is 2.95. The third kappa shape index (κ3) is 2.23. The Labute approximate surface area is 128 Å². The van der Waals surface area contributed by atoms with E-state index in [0.29, 0.717) is 0 Å². The van der Waals surface area contributed by atoms with Gasteiger partial charge in [-0.25, -0.2) is 4.98 Å². The van der Waals surface area contributed by atoms with Crippen LogP contribution in [0, 0.1) is 0 Å². The normalized spacial score (nSPS) is 14.3. The van der Waals surface area contributed by atoms with Gasteiger partial charge in [0, 0.05) is 35.4 Å². The van der Waals surface area contributed by atoms with Crippen LogP contribution in [0.4, 0.5) is 0 Å². The Bertz CT molecular complexity index is 790. The van der Waals surface area contributed by atoms with E-state index in [1.165, 1.54) is 22.2 Å². The lowest BCUT2D eigenvalue weighted by atomic mass is 10.1. The number of fused-ring (bicyclic) bond motifs is 3. The number of nitrogens with one attached hydrogen (secondary N) is 1. The lowest BCUT2D eigenvalue weighted by Gasteiger charge is -2.17. The molecule has 1 aliphatic heterocycles. The second kappa shape index (κ2) is 5.17. The molecule has 3 aromatic rings. The van der Waals surface area contributed by atoms with Gasteiger partial charge in [0.05, 0.1) is 0 Å². The van der Waals surface area contributed by atoms with E-state index in [0.717, 1.165) is 36.7 Å². The largest absolute Gasteiger partial charge is 0.324 e. The summed E-state index contributed by atoms with van der Waals surface area (Å²) in [6, 6.07) is 12.3. The van der Waals surface area contributed by atoms with Crippen molar-refractivity contribution in [1.29, 1.82) is 0 Å². The van der Waals surface area contributed by atoms with Gasteiger partial charge in [-0.05, 0) is 48.4 Å². The zero-order valence-corrected chi connectivity index (χ0v) is 12.4. The van der Waals surface area contributed by atoms with E-state index in [2.05, 4.69) is 33.1 Å². The summed E-state index contributed by atoms with van der Waals surface area (Å²) in [4.78, 5) is 4.61. The minimum atomic E-state index is 0.776. The van der Waals surface area contributed by atoms with E-state index in [9.17, 15) is 0 Å². The zero-order chi connectivity index (χ0) is 14.2. The fraction of sp³-hybridized carbons (Fsp3) is 0.235. The van der Waals surface area contributed by atoms with Crippen LogP contribution in [0.1, 0.15) is 16.8 Å². The number of halogens is 1. The predicted octanol–water partition coefficient (Wildman–Crippen LogP) is 3.38. The van der Waals surface area contributed by atoms with Crippen molar-refractivity contribution >= 4 is 22.6 Å². The second-order valence-corrected chi connectivity index (χ2v) is 5.88. The number of hydrogen-bond donors (Lipinski definition) is 1. The molecule has 0 fully saturated rings. The van der Waals surface area contributed by atoms with Crippen molar-refractivity contribution in [3.8, 4) is 0 Å². The molecule has 1 aliphatic rings. The van der Waals surface area contributed by atoms with Crippen molar-refractivity contribution in [3.05, 3.63) is 64.4 Å². The molecule has 0 unspecified atom stereocenters. The van der Waals surface area contributed by atoms with Crippen molar-refractivity contribution in [1.82, 2.24) is 14.9 Å². The molecule has 0 saturated heterocycles. The zero-order valence-electron chi connectivity index (χ0n) is 11.6. The van der Waals surface area contributed by atoms with Crippen molar-refractivity contribution in [2.45, 2.75) is 19.5 Å². The summed E-state index contributed by atoms with van der Waals surface area (Å²) in [5.41, 5.74) is 5.15. The number of rotatable bonds is 2. The summed E-state index contributed by atoms with van der Waals surface area (Å²) >= 11 is 5.97. The molecular formula is C17H16ClN3. The first-order valence-electron chi connectivity index (χ1n) is 7.23. The first-order chi connectivity index (χ1) is 10.3. The Morgan fingerprint density at radius 3 is 2.90 bits per heavy atom. The van der Waals surface area contributed by atoms with Crippen molar-refractivity contribution in [3.63, 3.8) is 0 Å². The Morgan fingerprint density at radius 1 is 1.19 bits per heavy atom. The molecule has 0 atom stereocenters. The number of hydrogen-bond acceptors (Lipinski definition) is 2. The van der Waals surface area contributed by atoms with Crippen LogP contribution >= 0.6 is 11.6 Å². The van der Waals surface area contributed by atoms with Gasteiger partial charge in [-0.2, -0.15) is 0 Å². The first-order valence-corrected chi connectivity index (χ1v) is 7.61. The van der Waals surface area contributed by atoms with Gasteiger partial charge in [-0.15, -0.1) is 0 Å². The second-order valence-electron chi connectivity index (χ2n) is 5.44. The fourth-order valence-corrected chi connectivity index (χ4v) is 3.26. The maximum atomic E-state index is 5.97. The molecule has 2 aromatic heterocycles. The van der Waals surface area contributed by atoms with Crippen LogP contribution in [0.3, 0.4) is 0 Å². The molecule has 4 heteroatoms. The highest BCUT2D eigenvalue weighted by atomic mass is 35.5. The van der Waals surface area contributed by atoms with Gasteiger partial charge in [0.2, 0.25) is 0 Å². The lowest BCUT2D eigenvalue weighted by molar-refractivity contribution is 0.601. The molecular weight excluding hydrogens is 282 g/mol. The molecule has 0 bridgehead atoms. The van der Waals surface area contributed by atoms with Gasteiger partial charge in [0.1, 0.15) is 5.65 Å². The molecule has 1 N–H and O–H groups in total. The summed E-state index contributed by atoms with van der Waals surface area (Å²) in [5.74, 6) is 0. The molecule has 106 valence electrons. The highest BCUT2D eigenvalue weighted by molar-refractivity contribution is 6.30. The average molecular weight is 298 g/mol. The topological polar surface area (TPSA) is 29.9 Å². The van der Waals surface area contributed by atoms with Crippen molar-refractivity contribution < 1.29 is 0 Å². The molecule has 0 aliphatic carbocycles. The summed E-state index contributed by atoms with van der Waals surface area (Å²) in [7, 11) is 0. The Hall–Kier alpha value is -1.84. The van der Waals surface area contributed by atoms with Crippen molar-refractivity contribution in [2.24, 2.45) is 0 Å². The highest BCUT2D eigenvalue weighted by Crippen LogP contribution is 2.28. The SMILES string of the molecule is Clc1ccc(Cn2c3c(c4cccnc42)CCNC3)cc1. The highest BCUT2D eigenvalue weighted by Gasteiger charge is 2.20. The molecule has 0 amide bonds. The molecule has 0 saturated carbocycles. The molecule has 0 spiro atoms. The lowest BCUT2D eigenvalue weighted by Crippen LogP contribution is -2.25. The van der Waals surface area contributed by atoms with E-state index in [-0.39, 0.29) is 0 Å². The summed E-state index contributed by atoms with van der Waals surface area (Å²) in [6.45, 7) is 2.79. The van der Waals surface area contributed by atoms with Gasteiger partial charge < -0.3 is 9.88 Å². The molecule has 3 heterocycles. The number of aromatic nitrogens is 2. The van der Waals surface area contributed by atoms with Crippen LogP contribution < -0.4 is 5.32 Å². The van der Waals surface area contributed by atoms with Crippen LogP contribution in [-0.2, 0) is 19.5 Å². The van der Waals surface area contributed by atoms with Gasteiger partial charge in [0.25, 0.3) is 0 Å². The van der Waals surface area contributed by atoms with E-state index in [4.69, 9.17) is 11.6 Å². The number of nitrogens with zero attached hydrogens (tertiary/aromatic N) is 2. The van der Waals surface area contributed by atoms with Crippen LogP contribution in [0.5, 0.6) is 0 Å². The number of benzene rings is 1. The number of pyridine rings is 1. The van der Waals surface area contributed by atoms with Gasteiger partial charge in [-0.1, -0.05) is 23.7 Å². The predicted molar refractivity (Wildman–Crippen MR) is 85.7 cm³/mol. The molecule has 21 heavy (non-hydrogen) atoms. The Morgan fingerprint density at radius 2 is 2.05 bits per heavy atom. The molecule has 4 rings (SSSR count). The van der Waals surface area contributed by atoms with Gasteiger partial charge >= 0.3 is 0 Å². The molecule has 1 aromatic carbocycles. The van der Waals surface area contributed by atoms with Gasteiger partial charge in [-0.3, -0.25) is 0 Å². The van der Waals surface area contributed by atoms with E-state index >= 15 is 0 Å². The Kier molecular flexibility index (Phi) is 3.17. The van der Waals surface area contributed by atoms with Crippen LogP contribution in [0.2, 0.25) is 5.02 Å². The summed E-state index contributed by atoms with van der Waals surface area (Å²) in [5, 5.41) is 5.54. The van der Waals surface area contributed by atoms with Crippen LogP contribution in [0.15, 0.2) is 42.6 Å². The minimum Gasteiger partial charge on any atom is -0.324 e.